The minimum absolute atomic E-state index is 0.194. The summed E-state index contributed by atoms with van der Waals surface area (Å²) in [5.74, 6) is 1.94. The van der Waals surface area contributed by atoms with E-state index in [0.29, 0.717) is 18.4 Å². The Balaban J connectivity index is 1.40. The van der Waals surface area contributed by atoms with Gasteiger partial charge in [0.1, 0.15) is 0 Å². The number of piperazine rings is 1. The van der Waals surface area contributed by atoms with Crippen LogP contribution in [0, 0.1) is 17.8 Å². The van der Waals surface area contributed by atoms with Crippen LogP contribution in [-0.4, -0.2) is 59.5 Å². The van der Waals surface area contributed by atoms with Crippen molar-refractivity contribution in [3.63, 3.8) is 0 Å². The number of carboxylic acid groups (broad SMARTS) is 1. The first-order chi connectivity index (χ1) is 10.1. The number of hydrogen-bond acceptors (Lipinski definition) is 3. The van der Waals surface area contributed by atoms with Crippen LogP contribution in [0.5, 0.6) is 0 Å². The summed E-state index contributed by atoms with van der Waals surface area (Å²) in [6, 6.07) is 0. The maximum Gasteiger partial charge on any atom is 0.304 e. The summed E-state index contributed by atoms with van der Waals surface area (Å²) in [5, 5.41) is 8.70. The van der Waals surface area contributed by atoms with Gasteiger partial charge in [-0.25, -0.2) is 0 Å². The second-order valence-corrected chi connectivity index (χ2v) is 7.01. The van der Waals surface area contributed by atoms with E-state index in [2.05, 4.69) is 4.90 Å². The summed E-state index contributed by atoms with van der Waals surface area (Å²) in [4.78, 5) is 27.1. The lowest BCUT2D eigenvalue weighted by Gasteiger charge is -2.35. The molecule has 0 aromatic rings. The monoisotopic (exact) mass is 294 g/mol. The van der Waals surface area contributed by atoms with Gasteiger partial charge in [0, 0.05) is 39.1 Å². The topological polar surface area (TPSA) is 60.9 Å². The predicted molar refractivity (Wildman–Crippen MR) is 78.8 cm³/mol. The Morgan fingerprint density at radius 3 is 2.38 bits per heavy atom. The van der Waals surface area contributed by atoms with Crippen molar-refractivity contribution in [2.24, 2.45) is 17.8 Å². The van der Waals surface area contributed by atoms with Crippen LogP contribution >= 0.6 is 0 Å². The maximum absolute atomic E-state index is 12.4. The lowest BCUT2D eigenvalue weighted by Crippen LogP contribution is -2.49. The average molecular weight is 294 g/mol. The molecule has 118 valence electrons. The Hall–Kier alpha value is -1.10. The van der Waals surface area contributed by atoms with E-state index < -0.39 is 5.97 Å². The van der Waals surface area contributed by atoms with Crippen LogP contribution in [0.25, 0.3) is 0 Å². The minimum atomic E-state index is -0.746. The standard InChI is InChI=1S/C16H26N2O3/c19-15(11-14-10-12-1-2-13(14)9-12)18-7-5-17(6-8-18)4-3-16(20)21/h12-14H,1-11H2,(H,20,21). The van der Waals surface area contributed by atoms with E-state index in [1.165, 1.54) is 25.7 Å². The Bertz CT molecular complexity index is 404. The molecular formula is C16H26N2O3. The third-order valence-electron chi connectivity index (χ3n) is 5.69. The number of hydrogen-bond donors (Lipinski definition) is 1. The predicted octanol–water partition coefficient (Wildman–Crippen LogP) is 1.43. The van der Waals surface area contributed by atoms with E-state index in [9.17, 15) is 9.59 Å². The average Bonchev–Trinajstić information content (AvgIpc) is 3.08. The van der Waals surface area contributed by atoms with Gasteiger partial charge in [0.2, 0.25) is 5.91 Å². The molecule has 1 heterocycles. The highest BCUT2D eigenvalue weighted by Crippen LogP contribution is 2.49. The van der Waals surface area contributed by atoms with Crippen LogP contribution in [0.15, 0.2) is 0 Å². The molecule has 0 aromatic heterocycles. The third-order valence-corrected chi connectivity index (χ3v) is 5.69. The smallest absolute Gasteiger partial charge is 0.304 e. The second kappa shape index (κ2) is 6.34. The molecule has 3 atom stereocenters. The van der Waals surface area contributed by atoms with E-state index in [1.54, 1.807) is 0 Å². The Labute approximate surface area is 126 Å². The number of aliphatic carboxylic acids is 1. The Kier molecular flexibility index (Phi) is 4.48. The van der Waals surface area contributed by atoms with Crippen molar-refractivity contribution in [1.29, 1.82) is 0 Å². The molecule has 1 aliphatic heterocycles. The summed E-state index contributed by atoms with van der Waals surface area (Å²) < 4.78 is 0. The van der Waals surface area contributed by atoms with Crippen molar-refractivity contribution < 1.29 is 14.7 Å². The van der Waals surface area contributed by atoms with E-state index in [-0.39, 0.29) is 6.42 Å². The minimum Gasteiger partial charge on any atom is -0.481 e. The van der Waals surface area contributed by atoms with Crippen molar-refractivity contribution in [3.05, 3.63) is 0 Å². The Morgan fingerprint density at radius 2 is 1.81 bits per heavy atom. The number of carbonyl (C=O) groups is 2. The quantitative estimate of drug-likeness (QED) is 0.833. The molecule has 2 bridgehead atoms. The summed E-state index contributed by atoms with van der Waals surface area (Å²) in [5.41, 5.74) is 0. The second-order valence-electron chi connectivity index (χ2n) is 7.01. The zero-order chi connectivity index (χ0) is 14.8. The summed E-state index contributed by atoms with van der Waals surface area (Å²) >= 11 is 0. The first kappa shape index (κ1) is 14.8. The molecule has 0 radical (unpaired) electrons. The van der Waals surface area contributed by atoms with Gasteiger partial charge in [0.05, 0.1) is 6.42 Å². The molecule has 1 saturated heterocycles. The normalized spacial score (nSPS) is 32.6. The Morgan fingerprint density at radius 1 is 1.05 bits per heavy atom. The summed E-state index contributed by atoms with van der Waals surface area (Å²) in [6.07, 6.45) is 6.30. The fourth-order valence-corrected chi connectivity index (χ4v) is 4.45. The van der Waals surface area contributed by atoms with Crippen LogP contribution in [0.1, 0.15) is 38.5 Å². The summed E-state index contributed by atoms with van der Waals surface area (Å²) in [6.45, 7) is 3.76. The lowest BCUT2D eigenvalue weighted by atomic mass is 9.86. The fourth-order valence-electron chi connectivity index (χ4n) is 4.45. The van der Waals surface area contributed by atoms with Gasteiger partial charge in [0.15, 0.2) is 0 Å². The molecule has 1 N–H and O–H groups in total. The molecule has 2 aliphatic carbocycles. The molecule has 3 rings (SSSR count). The molecule has 0 spiro atoms. The zero-order valence-corrected chi connectivity index (χ0v) is 12.7. The van der Waals surface area contributed by atoms with Crippen LogP contribution in [0.4, 0.5) is 0 Å². The number of carboxylic acids is 1. The van der Waals surface area contributed by atoms with Gasteiger partial charge < -0.3 is 10.0 Å². The number of nitrogens with zero attached hydrogens (tertiary/aromatic N) is 2. The highest BCUT2D eigenvalue weighted by atomic mass is 16.4. The summed E-state index contributed by atoms with van der Waals surface area (Å²) in [7, 11) is 0. The highest BCUT2D eigenvalue weighted by Gasteiger charge is 2.40. The molecule has 2 saturated carbocycles. The van der Waals surface area contributed by atoms with Gasteiger partial charge in [-0.05, 0) is 37.0 Å². The molecule has 3 aliphatic rings. The highest BCUT2D eigenvalue weighted by molar-refractivity contribution is 5.76. The van der Waals surface area contributed by atoms with Crippen LogP contribution in [-0.2, 0) is 9.59 Å². The molecular weight excluding hydrogens is 268 g/mol. The maximum atomic E-state index is 12.4. The largest absolute Gasteiger partial charge is 0.481 e. The molecule has 0 aromatic carbocycles. The van der Waals surface area contributed by atoms with E-state index in [4.69, 9.17) is 5.11 Å². The van der Waals surface area contributed by atoms with Crippen LogP contribution < -0.4 is 0 Å². The van der Waals surface area contributed by atoms with Crippen LogP contribution in [0.2, 0.25) is 0 Å². The van der Waals surface area contributed by atoms with Gasteiger partial charge in [-0.3, -0.25) is 14.5 Å². The van der Waals surface area contributed by atoms with Gasteiger partial charge >= 0.3 is 5.97 Å². The third kappa shape index (κ3) is 3.57. The van der Waals surface area contributed by atoms with Crippen molar-refractivity contribution in [3.8, 4) is 0 Å². The molecule has 3 fully saturated rings. The van der Waals surface area contributed by atoms with E-state index >= 15 is 0 Å². The van der Waals surface area contributed by atoms with Crippen molar-refractivity contribution in [2.75, 3.05) is 32.7 Å². The van der Waals surface area contributed by atoms with Crippen LogP contribution in [0.3, 0.4) is 0 Å². The van der Waals surface area contributed by atoms with E-state index in [1.807, 2.05) is 4.90 Å². The van der Waals surface area contributed by atoms with Gasteiger partial charge in [-0.1, -0.05) is 6.42 Å². The first-order valence-electron chi connectivity index (χ1n) is 8.33. The number of fused-ring (bicyclic) bond motifs is 2. The number of amides is 1. The number of rotatable bonds is 5. The molecule has 5 heteroatoms. The van der Waals surface area contributed by atoms with Gasteiger partial charge in [0.25, 0.3) is 0 Å². The lowest BCUT2D eigenvalue weighted by molar-refractivity contribution is -0.138. The van der Waals surface area contributed by atoms with Crippen molar-refractivity contribution >= 4 is 11.9 Å². The van der Waals surface area contributed by atoms with Gasteiger partial charge in [-0.15, -0.1) is 0 Å². The fraction of sp³-hybridized carbons (Fsp3) is 0.875. The molecule has 5 nitrogen and oxygen atoms in total. The van der Waals surface area contributed by atoms with E-state index in [0.717, 1.165) is 44.4 Å². The molecule has 1 amide bonds. The first-order valence-corrected chi connectivity index (χ1v) is 8.33. The zero-order valence-electron chi connectivity index (χ0n) is 12.7. The molecule has 3 unspecified atom stereocenters. The van der Waals surface area contributed by atoms with Crippen molar-refractivity contribution in [1.82, 2.24) is 9.80 Å². The van der Waals surface area contributed by atoms with Crippen molar-refractivity contribution in [2.45, 2.75) is 38.5 Å². The number of carbonyl (C=O) groups excluding carboxylic acids is 1. The SMILES string of the molecule is O=C(O)CCN1CCN(C(=O)CC2CC3CCC2C3)CC1. The van der Waals surface area contributed by atoms with Gasteiger partial charge in [-0.2, -0.15) is 0 Å². The molecule has 21 heavy (non-hydrogen) atoms.